The first-order valence-corrected chi connectivity index (χ1v) is 6.43. The molecule has 2 aliphatic rings. The van der Waals surface area contributed by atoms with Crippen molar-refractivity contribution in [3.63, 3.8) is 0 Å². The first kappa shape index (κ1) is 13.8. The maximum atomic E-state index is 14.0. The second-order valence-electron chi connectivity index (χ2n) is 5.47. The monoisotopic (exact) mass is 270 g/mol. The van der Waals surface area contributed by atoms with E-state index in [1.165, 1.54) is 5.56 Å². The average molecular weight is 271 g/mol. The van der Waals surface area contributed by atoms with Gasteiger partial charge in [-0.3, -0.25) is 0 Å². The van der Waals surface area contributed by atoms with Crippen LogP contribution in [0, 0.1) is 11.7 Å². The van der Waals surface area contributed by atoms with Gasteiger partial charge in [0.15, 0.2) is 0 Å². The van der Waals surface area contributed by atoms with Crippen molar-refractivity contribution in [2.45, 2.75) is 31.8 Å². The van der Waals surface area contributed by atoms with Gasteiger partial charge in [0, 0.05) is 31.1 Å². The van der Waals surface area contributed by atoms with E-state index in [2.05, 4.69) is 30.5 Å². The molecule has 0 aromatic heterocycles. The average Bonchev–Trinajstić information content (AvgIpc) is 2.82. The molecule has 1 fully saturated rings. The molecule has 4 heteroatoms. The van der Waals surface area contributed by atoms with E-state index in [9.17, 15) is 4.39 Å². The van der Waals surface area contributed by atoms with E-state index in [4.69, 9.17) is 0 Å². The molecule has 3 rings (SSSR count). The molecule has 0 spiro atoms. The number of benzene rings is 1. The van der Waals surface area contributed by atoms with Gasteiger partial charge in [0.25, 0.3) is 0 Å². The molecule has 1 aromatic rings. The normalized spacial score (nSPS) is 29.0. The van der Waals surface area contributed by atoms with Crippen LogP contribution in [0.15, 0.2) is 18.2 Å². The van der Waals surface area contributed by atoms with Crippen LogP contribution in [0.3, 0.4) is 0 Å². The molecular formula is C14H20ClFN2. The Labute approximate surface area is 114 Å². The minimum absolute atomic E-state index is 0. The highest BCUT2D eigenvalue weighted by atomic mass is 35.5. The van der Waals surface area contributed by atoms with E-state index in [-0.39, 0.29) is 18.2 Å². The van der Waals surface area contributed by atoms with Crippen LogP contribution in [-0.2, 0) is 0 Å². The summed E-state index contributed by atoms with van der Waals surface area (Å²) < 4.78 is 14.0. The van der Waals surface area contributed by atoms with E-state index in [1.807, 2.05) is 6.07 Å². The van der Waals surface area contributed by atoms with Gasteiger partial charge in [-0.25, -0.2) is 4.39 Å². The molecule has 1 aliphatic carbocycles. The molecular weight excluding hydrogens is 251 g/mol. The smallest absolute Gasteiger partial charge is 0.127 e. The SMILES string of the molecule is CC(C)N[C@@H]1c2cccc(F)c2[C@@H]2CNC[C@H]12.Cl. The summed E-state index contributed by atoms with van der Waals surface area (Å²) in [7, 11) is 0. The van der Waals surface area contributed by atoms with Gasteiger partial charge < -0.3 is 10.6 Å². The van der Waals surface area contributed by atoms with Crippen molar-refractivity contribution in [2.24, 2.45) is 5.92 Å². The summed E-state index contributed by atoms with van der Waals surface area (Å²) in [5, 5.41) is 6.98. The molecule has 0 unspecified atom stereocenters. The zero-order valence-electron chi connectivity index (χ0n) is 10.7. The van der Waals surface area contributed by atoms with Gasteiger partial charge >= 0.3 is 0 Å². The molecule has 18 heavy (non-hydrogen) atoms. The third-order valence-corrected chi connectivity index (χ3v) is 3.99. The van der Waals surface area contributed by atoms with Gasteiger partial charge in [0.2, 0.25) is 0 Å². The van der Waals surface area contributed by atoms with Crippen LogP contribution >= 0.6 is 12.4 Å². The predicted molar refractivity (Wildman–Crippen MR) is 73.8 cm³/mol. The Morgan fingerprint density at radius 1 is 1.33 bits per heavy atom. The molecule has 0 amide bonds. The number of rotatable bonds is 2. The largest absolute Gasteiger partial charge is 0.316 e. The predicted octanol–water partition coefficient (Wildman–Crippen LogP) is 2.60. The fourth-order valence-electron chi connectivity index (χ4n) is 3.38. The van der Waals surface area contributed by atoms with Crippen molar-refractivity contribution in [1.29, 1.82) is 0 Å². The minimum atomic E-state index is -0.0331. The Hall–Kier alpha value is -0.640. The quantitative estimate of drug-likeness (QED) is 0.863. The molecule has 0 saturated carbocycles. The van der Waals surface area contributed by atoms with Crippen LogP contribution in [0.5, 0.6) is 0 Å². The van der Waals surface area contributed by atoms with Crippen molar-refractivity contribution in [3.05, 3.63) is 35.1 Å². The van der Waals surface area contributed by atoms with Gasteiger partial charge in [-0.05, 0) is 23.1 Å². The van der Waals surface area contributed by atoms with E-state index >= 15 is 0 Å². The van der Waals surface area contributed by atoms with Crippen LogP contribution < -0.4 is 10.6 Å². The lowest BCUT2D eigenvalue weighted by Crippen LogP contribution is -2.32. The molecule has 0 bridgehead atoms. The van der Waals surface area contributed by atoms with E-state index < -0.39 is 0 Å². The van der Waals surface area contributed by atoms with Gasteiger partial charge in [-0.2, -0.15) is 0 Å². The second-order valence-corrected chi connectivity index (χ2v) is 5.47. The summed E-state index contributed by atoms with van der Waals surface area (Å²) in [5.74, 6) is 0.820. The van der Waals surface area contributed by atoms with Crippen molar-refractivity contribution in [1.82, 2.24) is 10.6 Å². The third-order valence-electron chi connectivity index (χ3n) is 3.99. The number of hydrogen-bond donors (Lipinski definition) is 2. The topological polar surface area (TPSA) is 24.1 Å². The Morgan fingerprint density at radius 2 is 2.11 bits per heavy atom. The first-order chi connectivity index (χ1) is 8.18. The minimum Gasteiger partial charge on any atom is -0.316 e. The van der Waals surface area contributed by atoms with Crippen LogP contribution in [0.4, 0.5) is 4.39 Å². The standard InChI is InChI=1S/C14H19FN2.ClH/c1-8(2)17-14-9-4-3-5-12(15)13(9)10-6-16-7-11(10)14;/h3-5,8,10-11,14,16-17H,6-7H2,1-2H3;1H/t10-,11+,14-;/m1./s1. The first-order valence-electron chi connectivity index (χ1n) is 6.43. The second kappa shape index (κ2) is 5.16. The van der Waals surface area contributed by atoms with Crippen LogP contribution in [0.1, 0.15) is 36.9 Å². The molecule has 1 heterocycles. The van der Waals surface area contributed by atoms with Crippen LogP contribution in [-0.4, -0.2) is 19.1 Å². The highest BCUT2D eigenvalue weighted by Gasteiger charge is 2.44. The highest BCUT2D eigenvalue weighted by molar-refractivity contribution is 5.85. The lowest BCUT2D eigenvalue weighted by atomic mass is 9.94. The summed E-state index contributed by atoms with van der Waals surface area (Å²) in [6, 6.07) is 6.23. The maximum absolute atomic E-state index is 14.0. The number of fused-ring (bicyclic) bond motifs is 3. The fourth-order valence-corrected chi connectivity index (χ4v) is 3.38. The molecule has 100 valence electrons. The van der Waals surface area contributed by atoms with Crippen LogP contribution in [0.25, 0.3) is 0 Å². The Kier molecular flexibility index (Phi) is 3.95. The summed E-state index contributed by atoms with van der Waals surface area (Å²) in [6.45, 7) is 6.20. The van der Waals surface area contributed by atoms with Crippen molar-refractivity contribution in [3.8, 4) is 0 Å². The Morgan fingerprint density at radius 3 is 2.83 bits per heavy atom. The molecule has 2 N–H and O–H groups in total. The Bertz CT molecular complexity index is 436. The maximum Gasteiger partial charge on any atom is 0.127 e. The van der Waals surface area contributed by atoms with Crippen LogP contribution in [0.2, 0.25) is 0 Å². The number of halogens is 2. The fraction of sp³-hybridized carbons (Fsp3) is 0.571. The molecule has 2 nitrogen and oxygen atoms in total. The van der Waals surface area contributed by atoms with Gasteiger partial charge in [-0.15, -0.1) is 12.4 Å². The molecule has 1 aromatic carbocycles. The van der Waals surface area contributed by atoms with E-state index in [0.29, 0.717) is 23.9 Å². The van der Waals surface area contributed by atoms with Crippen molar-refractivity contribution in [2.75, 3.05) is 13.1 Å². The third kappa shape index (κ3) is 2.04. The molecule has 1 aliphatic heterocycles. The molecule has 3 atom stereocenters. The summed E-state index contributed by atoms with van der Waals surface area (Å²) in [4.78, 5) is 0. The Balaban J connectivity index is 0.00000120. The van der Waals surface area contributed by atoms with Gasteiger partial charge in [0.1, 0.15) is 5.82 Å². The highest BCUT2D eigenvalue weighted by Crippen LogP contribution is 2.47. The summed E-state index contributed by atoms with van der Waals surface area (Å²) in [5.41, 5.74) is 2.12. The lowest BCUT2D eigenvalue weighted by Gasteiger charge is -2.23. The molecule has 1 saturated heterocycles. The van der Waals surface area contributed by atoms with E-state index in [0.717, 1.165) is 18.7 Å². The number of nitrogens with one attached hydrogen (secondary N) is 2. The van der Waals surface area contributed by atoms with E-state index in [1.54, 1.807) is 6.07 Å². The van der Waals surface area contributed by atoms with Gasteiger partial charge in [-0.1, -0.05) is 26.0 Å². The van der Waals surface area contributed by atoms with Crippen molar-refractivity contribution < 1.29 is 4.39 Å². The zero-order chi connectivity index (χ0) is 12.0. The number of hydrogen-bond acceptors (Lipinski definition) is 2. The van der Waals surface area contributed by atoms with Crippen molar-refractivity contribution >= 4 is 12.4 Å². The lowest BCUT2D eigenvalue weighted by molar-refractivity contribution is 0.365. The summed E-state index contributed by atoms with van der Waals surface area (Å²) >= 11 is 0. The van der Waals surface area contributed by atoms with Gasteiger partial charge in [0.05, 0.1) is 0 Å². The zero-order valence-corrected chi connectivity index (χ0v) is 11.6. The summed E-state index contributed by atoms with van der Waals surface area (Å²) in [6.07, 6.45) is 0. The molecule has 0 radical (unpaired) electrons.